The summed E-state index contributed by atoms with van der Waals surface area (Å²) in [5.41, 5.74) is 0.476. The number of aromatic amines is 3. The number of aromatic nitrogens is 6. The molecule has 3 aromatic rings. The molecule has 3 heterocycles. The maximum atomic E-state index is 12.3. The second-order valence-electron chi connectivity index (χ2n) is 14.8. The molecule has 0 saturated heterocycles. The Kier molecular flexibility index (Phi) is 21.4. The van der Waals surface area contributed by atoms with Crippen molar-refractivity contribution in [3.63, 3.8) is 0 Å². The Hall–Kier alpha value is -6.38. The summed E-state index contributed by atoms with van der Waals surface area (Å²) in [7, 11) is 2.09. The van der Waals surface area contributed by atoms with E-state index in [4.69, 9.17) is 4.74 Å². The summed E-state index contributed by atoms with van der Waals surface area (Å²) in [6.07, 6.45) is 13.1. The predicted molar refractivity (Wildman–Crippen MR) is 232 cm³/mol. The van der Waals surface area contributed by atoms with Gasteiger partial charge in [0.05, 0.1) is 18.7 Å². The molecule has 1 aliphatic rings. The smallest absolute Gasteiger partial charge is 0.330 e. The van der Waals surface area contributed by atoms with Gasteiger partial charge in [-0.25, -0.2) is 34.1 Å². The van der Waals surface area contributed by atoms with Crippen molar-refractivity contribution in [2.24, 2.45) is 0 Å². The zero-order valence-electron chi connectivity index (χ0n) is 35.5. The van der Waals surface area contributed by atoms with Gasteiger partial charge >= 0.3 is 24.1 Å². The van der Waals surface area contributed by atoms with E-state index in [9.17, 15) is 33.6 Å². The summed E-state index contributed by atoms with van der Waals surface area (Å²) in [5.74, 6) is -0.105. The number of hydrogen-bond donors (Lipinski definition) is 9. The van der Waals surface area contributed by atoms with Crippen LogP contribution in [-0.2, 0) is 9.53 Å². The van der Waals surface area contributed by atoms with Crippen LogP contribution in [0.5, 0.6) is 0 Å². The number of urea groups is 3. The highest BCUT2D eigenvalue weighted by atomic mass is 16.5. The number of esters is 1. The molecule has 21 heteroatoms. The third-order valence-corrected chi connectivity index (χ3v) is 9.30. The van der Waals surface area contributed by atoms with Gasteiger partial charge < -0.3 is 25.6 Å². The van der Waals surface area contributed by atoms with Gasteiger partial charge in [-0.1, -0.05) is 51.5 Å². The Balaban J connectivity index is 0.000000325. The van der Waals surface area contributed by atoms with E-state index in [2.05, 4.69) is 80.3 Å². The minimum Gasteiger partial charge on any atom is -0.463 e. The Morgan fingerprint density at radius 3 is 1.52 bits per heavy atom. The maximum absolute atomic E-state index is 12.3. The number of carbonyl (C=O) groups excluding carboxylic acids is 4. The Morgan fingerprint density at radius 2 is 1.08 bits per heavy atom. The number of ether oxygens (including phenoxy) is 1. The molecule has 4 rings (SSSR count). The lowest BCUT2D eigenvalue weighted by Gasteiger charge is -2.32. The van der Waals surface area contributed by atoms with Crippen molar-refractivity contribution in [1.82, 2.24) is 50.8 Å². The number of unbranched alkanes of at least 4 members (excludes halogenated alkanes) is 6. The first kappa shape index (κ1) is 49.0. The minimum atomic E-state index is -0.535. The highest BCUT2D eigenvalue weighted by Crippen LogP contribution is 2.19. The Labute approximate surface area is 354 Å². The van der Waals surface area contributed by atoms with Crippen LogP contribution in [0.1, 0.15) is 94.1 Å². The second kappa shape index (κ2) is 26.7. The van der Waals surface area contributed by atoms with Crippen LogP contribution in [0.2, 0.25) is 0 Å². The first-order valence-electron chi connectivity index (χ1n) is 20.6. The topological polar surface area (TPSA) is 290 Å². The van der Waals surface area contributed by atoms with Gasteiger partial charge in [-0.3, -0.25) is 45.3 Å². The number of rotatable bonds is 20. The van der Waals surface area contributed by atoms with Crippen molar-refractivity contribution in [2.75, 3.05) is 49.2 Å². The van der Waals surface area contributed by atoms with Crippen LogP contribution in [0.3, 0.4) is 0 Å². The predicted octanol–water partition coefficient (Wildman–Crippen LogP) is 3.71. The SMILES string of the molecule is C=CC(=O)OCCCCCCCCCN(C)CCCNC(=O)Nc1nc(C)cc(=O)[nH]1.Cc1cc(=O)[nH]c(NC(=O)NC2CCCCC2NC(=O)Nc2nc(C)cc(=O)[nH]2)n1. The van der Waals surface area contributed by atoms with E-state index in [0.29, 0.717) is 43.1 Å². The first-order valence-corrected chi connectivity index (χ1v) is 20.6. The molecule has 61 heavy (non-hydrogen) atoms. The van der Waals surface area contributed by atoms with Crippen LogP contribution in [0.25, 0.3) is 0 Å². The van der Waals surface area contributed by atoms with Crippen molar-refractivity contribution in [2.45, 2.75) is 110 Å². The number of amides is 6. The second-order valence-corrected chi connectivity index (χ2v) is 14.8. The lowest BCUT2D eigenvalue weighted by atomic mass is 9.90. The molecule has 3 aromatic heterocycles. The van der Waals surface area contributed by atoms with Crippen molar-refractivity contribution in [3.8, 4) is 0 Å². The first-order chi connectivity index (χ1) is 29.2. The fourth-order valence-electron chi connectivity index (χ4n) is 6.43. The average molecular weight is 852 g/mol. The molecule has 0 radical (unpaired) electrons. The van der Waals surface area contributed by atoms with Crippen LogP contribution in [0.15, 0.2) is 45.2 Å². The number of carbonyl (C=O) groups is 4. The van der Waals surface area contributed by atoms with E-state index >= 15 is 0 Å². The van der Waals surface area contributed by atoms with Crippen molar-refractivity contribution in [3.05, 3.63) is 79.0 Å². The van der Waals surface area contributed by atoms with Crippen LogP contribution in [0, 0.1) is 20.8 Å². The van der Waals surface area contributed by atoms with Gasteiger partial charge in [-0.15, -0.1) is 0 Å². The Morgan fingerprint density at radius 1 is 0.672 bits per heavy atom. The van der Waals surface area contributed by atoms with Crippen molar-refractivity contribution < 1.29 is 23.9 Å². The summed E-state index contributed by atoms with van der Waals surface area (Å²) >= 11 is 0. The van der Waals surface area contributed by atoms with E-state index in [-0.39, 0.29) is 58.6 Å². The molecule has 1 saturated carbocycles. The minimum absolute atomic E-state index is 0.0463. The number of anilines is 3. The third kappa shape index (κ3) is 20.9. The molecular formula is C40H61N13O8. The lowest BCUT2D eigenvalue weighted by Crippen LogP contribution is -2.55. The molecule has 0 aromatic carbocycles. The average Bonchev–Trinajstić information content (AvgIpc) is 3.17. The van der Waals surface area contributed by atoms with Crippen molar-refractivity contribution >= 4 is 41.9 Å². The van der Waals surface area contributed by atoms with E-state index in [1.807, 2.05) is 0 Å². The molecule has 21 nitrogen and oxygen atoms in total. The number of H-pyrrole nitrogens is 3. The molecule has 2 atom stereocenters. The van der Waals surface area contributed by atoms with Crippen LogP contribution in [0.4, 0.5) is 32.2 Å². The van der Waals surface area contributed by atoms with E-state index in [1.165, 1.54) is 50.0 Å². The van der Waals surface area contributed by atoms with Crippen LogP contribution >= 0.6 is 0 Å². The lowest BCUT2D eigenvalue weighted by molar-refractivity contribution is -0.137. The maximum Gasteiger partial charge on any atom is 0.330 e. The van der Waals surface area contributed by atoms with E-state index < -0.39 is 12.1 Å². The monoisotopic (exact) mass is 851 g/mol. The van der Waals surface area contributed by atoms with Crippen molar-refractivity contribution in [1.29, 1.82) is 0 Å². The van der Waals surface area contributed by atoms with E-state index in [0.717, 1.165) is 51.6 Å². The zero-order chi connectivity index (χ0) is 44.6. The largest absolute Gasteiger partial charge is 0.463 e. The standard InChI is InChI=1S/C22H37N5O4.C18H24N8O4/c1-4-20(29)31-16-11-9-7-5-6-8-10-14-27(3)15-12-13-23-22(30)26-21-24-18(2)17-19(28)25-21;1-9-7-13(27)23-15(19-9)25-17(29)21-11-5-3-4-6-12(11)22-18(30)26-16-20-10(2)8-14(28)24-16/h4,17H,1,5-16H2,2-3H3,(H3,23,24,25,26,28,30);7-8,11-12H,3-6H2,1-2H3,(H3,19,21,23,25,27,29)(H3,20,22,24,26,28,30). The van der Waals surface area contributed by atoms with Gasteiger partial charge in [0.25, 0.3) is 16.7 Å². The molecule has 1 fully saturated rings. The fourth-order valence-corrected chi connectivity index (χ4v) is 6.43. The van der Waals surface area contributed by atoms with Crippen LogP contribution in [-0.4, -0.2) is 104 Å². The molecule has 9 N–H and O–H groups in total. The zero-order valence-corrected chi connectivity index (χ0v) is 35.5. The molecule has 0 bridgehead atoms. The van der Waals surface area contributed by atoms with Gasteiger partial charge in [-0.2, -0.15) is 0 Å². The number of nitrogens with one attached hydrogen (secondary N) is 9. The Bertz CT molecular complexity index is 1980. The number of nitrogens with zero attached hydrogens (tertiary/aromatic N) is 4. The summed E-state index contributed by atoms with van der Waals surface area (Å²) < 4.78 is 4.95. The van der Waals surface area contributed by atoms with Gasteiger partial charge in [0, 0.05) is 47.9 Å². The van der Waals surface area contributed by atoms with Crippen LogP contribution < -0.4 is 48.6 Å². The summed E-state index contributed by atoms with van der Waals surface area (Å²) in [5, 5.41) is 15.9. The van der Waals surface area contributed by atoms with Gasteiger partial charge in [0.1, 0.15) is 0 Å². The van der Waals surface area contributed by atoms with Gasteiger partial charge in [-0.05, 0) is 73.0 Å². The molecule has 1 aliphatic carbocycles. The van der Waals surface area contributed by atoms with Gasteiger partial charge in [0.2, 0.25) is 17.8 Å². The highest BCUT2D eigenvalue weighted by molar-refractivity contribution is 5.89. The quantitative estimate of drug-likeness (QED) is 0.0447. The summed E-state index contributed by atoms with van der Waals surface area (Å²) in [6, 6.07) is 1.93. The molecule has 0 aliphatic heterocycles. The highest BCUT2D eigenvalue weighted by Gasteiger charge is 2.28. The fraction of sp³-hybridized carbons (Fsp3) is 0.550. The third-order valence-electron chi connectivity index (χ3n) is 9.30. The number of aryl methyl sites for hydroxylation is 3. The summed E-state index contributed by atoms with van der Waals surface area (Å²) in [6.45, 7) is 11.3. The number of hydrogen-bond acceptors (Lipinski definition) is 12. The van der Waals surface area contributed by atoms with Gasteiger partial charge in [0.15, 0.2) is 0 Å². The normalized spacial score (nSPS) is 14.4. The van der Waals surface area contributed by atoms with E-state index in [1.54, 1.807) is 20.8 Å². The molecule has 6 amide bonds. The molecule has 0 spiro atoms. The molecule has 334 valence electrons. The summed E-state index contributed by atoms with van der Waals surface area (Å²) in [4.78, 5) is 104. The molecule has 2 unspecified atom stereocenters. The molecular weight excluding hydrogens is 791 g/mol.